The molecule has 0 radical (unpaired) electrons. The van der Waals surface area contributed by atoms with Crippen LogP contribution in [0.25, 0.3) is 16.8 Å². The summed E-state index contributed by atoms with van der Waals surface area (Å²) in [6.45, 7) is 1.24. The molecule has 0 aliphatic carbocycles. The van der Waals surface area contributed by atoms with Crippen molar-refractivity contribution in [1.29, 1.82) is 0 Å². The lowest BCUT2D eigenvalue weighted by atomic mass is 10.1. The third-order valence-corrected chi connectivity index (χ3v) is 7.06. The van der Waals surface area contributed by atoms with E-state index in [4.69, 9.17) is 14.2 Å². The molecule has 0 spiro atoms. The van der Waals surface area contributed by atoms with E-state index in [9.17, 15) is 9.59 Å². The topological polar surface area (TPSA) is 65.1 Å². The lowest BCUT2D eigenvalue weighted by molar-refractivity contribution is -0.122. The van der Waals surface area contributed by atoms with Gasteiger partial charge in [0.2, 0.25) is 0 Å². The molecule has 1 aliphatic heterocycles. The van der Waals surface area contributed by atoms with Crippen molar-refractivity contribution in [3.8, 4) is 11.5 Å². The molecule has 0 saturated carbocycles. The minimum absolute atomic E-state index is 0.260. The number of carbonyl (C=O) groups excluding carboxylic acids is 2. The van der Waals surface area contributed by atoms with Crippen LogP contribution in [0.15, 0.2) is 59.5 Å². The first-order valence-electron chi connectivity index (χ1n) is 10.7. The summed E-state index contributed by atoms with van der Waals surface area (Å²) in [7, 11) is 3.18. The van der Waals surface area contributed by atoms with Crippen LogP contribution in [-0.2, 0) is 16.1 Å². The molecule has 1 fully saturated rings. The summed E-state index contributed by atoms with van der Waals surface area (Å²) in [5.74, 6) is 0.927. The van der Waals surface area contributed by atoms with E-state index in [1.165, 1.54) is 10.3 Å². The Labute approximate surface area is 216 Å². The van der Waals surface area contributed by atoms with Gasteiger partial charge in [0.15, 0.2) is 11.5 Å². The van der Waals surface area contributed by atoms with Crippen LogP contribution in [0.2, 0.25) is 0 Å². The number of nitrogens with zero attached hydrogens (tertiary/aromatic N) is 1. The Hall–Kier alpha value is -2.56. The molecule has 1 heterocycles. The van der Waals surface area contributed by atoms with Crippen LogP contribution in [0.5, 0.6) is 11.5 Å². The minimum atomic E-state index is -0.281. The third kappa shape index (κ3) is 5.56. The number of imide groups is 1. The fourth-order valence-corrected chi connectivity index (χ4v) is 5.30. The zero-order valence-electron chi connectivity index (χ0n) is 18.9. The average Bonchev–Trinajstić information content (AvgIpc) is 3.10. The number of methoxy groups -OCH3 is 2. The predicted molar refractivity (Wildman–Crippen MR) is 143 cm³/mol. The van der Waals surface area contributed by atoms with Gasteiger partial charge in [0.25, 0.3) is 11.1 Å². The van der Waals surface area contributed by atoms with Crippen LogP contribution in [0, 0.1) is 3.57 Å². The molecule has 3 aromatic carbocycles. The Morgan fingerprint density at radius 2 is 1.82 bits per heavy atom. The number of hydrogen-bond donors (Lipinski definition) is 0. The van der Waals surface area contributed by atoms with Gasteiger partial charge in [-0.2, -0.15) is 0 Å². The molecule has 2 amide bonds. The lowest BCUT2D eigenvalue weighted by Gasteiger charge is -2.14. The highest BCUT2D eigenvalue weighted by Gasteiger charge is 2.34. The van der Waals surface area contributed by atoms with Crippen LogP contribution in [0.1, 0.15) is 17.5 Å². The van der Waals surface area contributed by atoms with Crippen molar-refractivity contribution in [2.24, 2.45) is 0 Å². The monoisotopic (exact) mass is 589 g/mol. The number of carbonyl (C=O) groups is 2. The Kier molecular flexibility index (Phi) is 8.12. The number of halogens is 1. The highest BCUT2D eigenvalue weighted by Crippen LogP contribution is 2.37. The second kappa shape index (κ2) is 11.2. The summed E-state index contributed by atoms with van der Waals surface area (Å²) in [4.78, 5) is 26.6. The normalized spacial score (nSPS) is 14.9. The van der Waals surface area contributed by atoms with Gasteiger partial charge in [-0.05, 0) is 86.9 Å². The van der Waals surface area contributed by atoms with Crippen molar-refractivity contribution in [2.45, 2.75) is 13.0 Å². The smallest absolute Gasteiger partial charge is 0.293 e. The van der Waals surface area contributed by atoms with E-state index in [1.807, 2.05) is 24.3 Å². The van der Waals surface area contributed by atoms with Gasteiger partial charge in [-0.1, -0.05) is 36.4 Å². The van der Waals surface area contributed by atoms with Gasteiger partial charge in [-0.25, -0.2) is 0 Å². The summed E-state index contributed by atoms with van der Waals surface area (Å²) in [5.41, 5.74) is 1.82. The molecule has 0 N–H and O–H groups in total. The molecule has 0 bridgehead atoms. The number of hydrogen-bond acceptors (Lipinski definition) is 6. The average molecular weight is 589 g/mol. The maximum Gasteiger partial charge on any atom is 0.293 e. The Morgan fingerprint density at radius 1 is 1.03 bits per heavy atom. The molecular formula is C26H24INO5S. The third-order valence-electron chi connectivity index (χ3n) is 5.35. The number of rotatable bonds is 9. The molecule has 0 aromatic heterocycles. The summed E-state index contributed by atoms with van der Waals surface area (Å²) in [6.07, 6.45) is 2.33. The zero-order chi connectivity index (χ0) is 24.1. The van der Waals surface area contributed by atoms with Gasteiger partial charge < -0.3 is 14.2 Å². The standard InChI is InChI=1S/C26H24INO5S/c1-31-11-5-10-28-25(29)23(34-26(28)30)15-18-13-21(27)24(22(14-18)32-2)33-16-17-8-9-19-6-3-4-7-20(19)12-17/h3-4,6-9,12-15H,5,10-11,16H2,1-2H3/b23-15+. The number of benzene rings is 3. The number of amides is 2. The van der Waals surface area contributed by atoms with Gasteiger partial charge in [0.1, 0.15) is 6.61 Å². The van der Waals surface area contributed by atoms with E-state index in [-0.39, 0.29) is 11.1 Å². The number of fused-ring (bicyclic) bond motifs is 1. The van der Waals surface area contributed by atoms with Crippen molar-refractivity contribution in [2.75, 3.05) is 27.4 Å². The Bertz CT molecular complexity index is 1260. The van der Waals surface area contributed by atoms with Crippen LogP contribution in [0.3, 0.4) is 0 Å². The van der Waals surface area contributed by atoms with Crippen LogP contribution in [0.4, 0.5) is 4.79 Å². The van der Waals surface area contributed by atoms with Gasteiger partial charge >= 0.3 is 0 Å². The van der Waals surface area contributed by atoms with Crippen molar-refractivity contribution >= 4 is 62.3 Å². The van der Waals surface area contributed by atoms with E-state index in [0.29, 0.717) is 42.6 Å². The highest BCUT2D eigenvalue weighted by molar-refractivity contribution is 14.1. The van der Waals surface area contributed by atoms with Crippen molar-refractivity contribution < 1.29 is 23.8 Å². The summed E-state index contributed by atoms with van der Waals surface area (Å²) >= 11 is 3.15. The molecule has 1 saturated heterocycles. The van der Waals surface area contributed by atoms with E-state index in [0.717, 1.165) is 31.8 Å². The van der Waals surface area contributed by atoms with Crippen LogP contribution < -0.4 is 9.47 Å². The molecule has 4 rings (SSSR count). The second-order valence-electron chi connectivity index (χ2n) is 7.68. The summed E-state index contributed by atoms with van der Waals surface area (Å²) < 4.78 is 17.6. The maximum absolute atomic E-state index is 12.7. The molecule has 34 heavy (non-hydrogen) atoms. The highest BCUT2D eigenvalue weighted by atomic mass is 127. The van der Waals surface area contributed by atoms with E-state index in [1.54, 1.807) is 20.3 Å². The quantitative estimate of drug-likeness (QED) is 0.171. The summed E-state index contributed by atoms with van der Waals surface area (Å²) in [6, 6.07) is 18.2. The van der Waals surface area contributed by atoms with Crippen molar-refractivity contribution in [3.05, 3.63) is 74.2 Å². The van der Waals surface area contributed by atoms with Gasteiger partial charge in [-0.15, -0.1) is 0 Å². The SMILES string of the molecule is COCCCN1C(=O)S/C(=C/c2cc(I)c(OCc3ccc4ccccc4c3)c(OC)c2)C1=O. The zero-order valence-corrected chi connectivity index (χ0v) is 21.9. The first-order valence-corrected chi connectivity index (χ1v) is 12.6. The maximum atomic E-state index is 12.7. The summed E-state index contributed by atoms with van der Waals surface area (Å²) in [5, 5.41) is 2.09. The second-order valence-corrected chi connectivity index (χ2v) is 9.84. The molecule has 6 nitrogen and oxygen atoms in total. The molecular weight excluding hydrogens is 565 g/mol. The first-order chi connectivity index (χ1) is 16.5. The van der Waals surface area contributed by atoms with Crippen molar-refractivity contribution in [1.82, 2.24) is 4.90 Å². The van der Waals surface area contributed by atoms with E-state index < -0.39 is 0 Å². The first kappa shape index (κ1) is 24.6. The molecule has 0 unspecified atom stereocenters. The Morgan fingerprint density at radius 3 is 2.59 bits per heavy atom. The predicted octanol–water partition coefficient (Wildman–Crippen LogP) is 6.10. The molecule has 1 aliphatic rings. The largest absolute Gasteiger partial charge is 0.493 e. The number of thioether (sulfide) groups is 1. The van der Waals surface area contributed by atoms with E-state index in [2.05, 4.69) is 52.9 Å². The molecule has 0 atom stereocenters. The lowest BCUT2D eigenvalue weighted by Crippen LogP contribution is -2.29. The van der Waals surface area contributed by atoms with Gasteiger partial charge in [0, 0.05) is 20.3 Å². The van der Waals surface area contributed by atoms with Crippen molar-refractivity contribution in [3.63, 3.8) is 0 Å². The van der Waals surface area contributed by atoms with Crippen LogP contribution >= 0.6 is 34.4 Å². The van der Waals surface area contributed by atoms with Gasteiger partial charge in [0.05, 0.1) is 15.6 Å². The Balaban J connectivity index is 1.51. The van der Waals surface area contributed by atoms with E-state index >= 15 is 0 Å². The number of ether oxygens (including phenoxy) is 3. The van der Waals surface area contributed by atoms with Crippen LogP contribution in [-0.4, -0.2) is 43.4 Å². The minimum Gasteiger partial charge on any atom is -0.493 e. The molecule has 8 heteroatoms. The molecule has 176 valence electrons. The fourth-order valence-electron chi connectivity index (χ4n) is 3.66. The fraction of sp³-hybridized carbons (Fsp3) is 0.231. The molecule has 3 aromatic rings. The van der Waals surface area contributed by atoms with Gasteiger partial charge in [-0.3, -0.25) is 14.5 Å².